The van der Waals surface area contributed by atoms with Crippen LogP contribution in [-0.2, 0) is 4.79 Å². The Morgan fingerprint density at radius 2 is 1.67 bits per heavy atom. The van der Waals surface area contributed by atoms with Gasteiger partial charge in [0.2, 0.25) is 5.91 Å². The van der Waals surface area contributed by atoms with Gasteiger partial charge in [-0.05, 0) is 75.3 Å². The van der Waals surface area contributed by atoms with Crippen LogP contribution in [0.25, 0.3) is 0 Å². The SMILES string of the molecule is O=C(NC1CC[C@H]2CNC[C@H]2C1)C1CC2CC2C1. The van der Waals surface area contributed by atoms with Crippen molar-refractivity contribution in [1.82, 2.24) is 10.6 Å². The minimum absolute atomic E-state index is 0.355. The molecule has 3 saturated carbocycles. The third-order valence-corrected chi connectivity index (χ3v) is 5.91. The molecule has 0 aromatic carbocycles. The van der Waals surface area contributed by atoms with Crippen molar-refractivity contribution in [1.29, 1.82) is 0 Å². The van der Waals surface area contributed by atoms with Gasteiger partial charge in [-0.1, -0.05) is 0 Å². The van der Waals surface area contributed by atoms with Gasteiger partial charge in [-0.25, -0.2) is 0 Å². The molecular formula is C15H24N2O. The standard InChI is InChI=1S/C15H24N2O/c18-15(12-4-10-3-11(10)5-12)17-14-2-1-9-7-16-8-13(9)6-14/h9-14,16H,1-8H2,(H,17,18)/t9-,10?,11?,12?,13+,14?/m0/s1. The summed E-state index contributed by atoms with van der Waals surface area (Å²) >= 11 is 0. The predicted molar refractivity (Wildman–Crippen MR) is 70.0 cm³/mol. The van der Waals surface area contributed by atoms with Crippen LogP contribution in [0.5, 0.6) is 0 Å². The zero-order valence-corrected chi connectivity index (χ0v) is 11.0. The number of nitrogens with one attached hydrogen (secondary N) is 2. The molecule has 4 fully saturated rings. The van der Waals surface area contributed by atoms with Crippen molar-refractivity contribution in [3.8, 4) is 0 Å². The summed E-state index contributed by atoms with van der Waals surface area (Å²) in [7, 11) is 0. The lowest BCUT2D eigenvalue weighted by atomic mass is 9.79. The Labute approximate surface area is 109 Å². The predicted octanol–water partition coefficient (Wildman–Crippen LogP) is 1.54. The number of hydrogen-bond donors (Lipinski definition) is 2. The van der Waals surface area contributed by atoms with Crippen LogP contribution in [0, 0.1) is 29.6 Å². The first-order valence-electron chi connectivity index (χ1n) is 7.80. The molecule has 0 spiro atoms. The average Bonchev–Trinajstić information content (AvgIpc) is 2.79. The van der Waals surface area contributed by atoms with Crippen LogP contribution in [-0.4, -0.2) is 25.0 Å². The average molecular weight is 248 g/mol. The van der Waals surface area contributed by atoms with E-state index in [-0.39, 0.29) is 0 Å². The molecular weight excluding hydrogens is 224 g/mol. The van der Waals surface area contributed by atoms with E-state index in [2.05, 4.69) is 10.6 Å². The summed E-state index contributed by atoms with van der Waals surface area (Å²) in [5, 5.41) is 6.84. The van der Waals surface area contributed by atoms with Crippen LogP contribution in [0.4, 0.5) is 0 Å². The maximum atomic E-state index is 12.2. The van der Waals surface area contributed by atoms with Gasteiger partial charge in [0.05, 0.1) is 0 Å². The number of carbonyl (C=O) groups excluding carboxylic acids is 1. The fourth-order valence-electron chi connectivity index (χ4n) is 4.68. The molecule has 4 aliphatic rings. The lowest BCUT2D eigenvalue weighted by molar-refractivity contribution is -0.126. The van der Waals surface area contributed by atoms with Gasteiger partial charge in [-0.15, -0.1) is 0 Å². The third kappa shape index (κ3) is 1.97. The quantitative estimate of drug-likeness (QED) is 0.778. The smallest absolute Gasteiger partial charge is 0.223 e. The first-order chi connectivity index (χ1) is 8.79. The lowest BCUT2D eigenvalue weighted by Gasteiger charge is -2.32. The second-order valence-corrected chi connectivity index (χ2v) is 7.12. The maximum absolute atomic E-state index is 12.2. The van der Waals surface area contributed by atoms with Gasteiger partial charge in [0.1, 0.15) is 0 Å². The van der Waals surface area contributed by atoms with E-state index in [4.69, 9.17) is 0 Å². The molecule has 1 heterocycles. The van der Waals surface area contributed by atoms with Crippen molar-refractivity contribution in [3.63, 3.8) is 0 Å². The third-order valence-electron chi connectivity index (χ3n) is 5.91. The van der Waals surface area contributed by atoms with Crippen LogP contribution in [0.2, 0.25) is 0 Å². The summed E-state index contributed by atoms with van der Waals surface area (Å²) in [5.41, 5.74) is 0. The van der Waals surface area contributed by atoms with Gasteiger partial charge in [0.25, 0.3) is 0 Å². The van der Waals surface area contributed by atoms with E-state index in [1.165, 1.54) is 51.6 Å². The molecule has 0 aromatic heterocycles. The van der Waals surface area contributed by atoms with Gasteiger partial charge in [0, 0.05) is 12.0 Å². The van der Waals surface area contributed by atoms with Crippen LogP contribution in [0.15, 0.2) is 0 Å². The molecule has 1 amide bonds. The summed E-state index contributed by atoms with van der Waals surface area (Å²) in [6, 6.07) is 0.468. The Hall–Kier alpha value is -0.570. The topological polar surface area (TPSA) is 41.1 Å². The van der Waals surface area contributed by atoms with Crippen molar-refractivity contribution in [2.45, 2.75) is 44.6 Å². The van der Waals surface area contributed by atoms with Crippen molar-refractivity contribution in [3.05, 3.63) is 0 Å². The second kappa shape index (κ2) is 4.22. The van der Waals surface area contributed by atoms with Crippen LogP contribution < -0.4 is 10.6 Å². The van der Waals surface area contributed by atoms with Crippen LogP contribution in [0.3, 0.4) is 0 Å². The Morgan fingerprint density at radius 1 is 0.889 bits per heavy atom. The molecule has 100 valence electrons. The van der Waals surface area contributed by atoms with Crippen molar-refractivity contribution in [2.24, 2.45) is 29.6 Å². The normalized spacial score (nSPS) is 49.6. The first-order valence-corrected chi connectivity index (χ1v) is 7.80. The Morgan fingerprint density at radius 3 is 2.50 bits per heavy atom. The molecule has 0 radical (unpaired) electrons. The fourth-order valence-corrected chi connectivity index (χ4v) is 4.68. The van der Waals surface area contributed by atoms with Crippen molar-refractivity contribution in [2.75, 3.05) is 13.1 Å². The molecule has 2 N–H and O–H groups in total. The molecule has 1 aliphatic heterocycles. The summed E-state index contributed by atoms with van der Waals surface area (Å²) < 4.78 is 0. The molecule has 1 saturated heterocycles. The summed E-state index contributed by atoms with van der Waals surface area (Å²) in [5.74, 6) is 4.26. The maximum Gasteiger partial charge on any atom is 0.223 e. The molecule has 3 unspecified atom stereocenters. The minimum Gasteiger partial charge on any atom is -0.353 e. The lowest BCUT2D eigenvalue weighted by Crippen LogP contribution is -2.43. The van der Waals surface area contributed by atoms with E-state index in [9.17, 15) is 4.79 Å². The number of carbonyl (C=O) groups is 1. The van der Waals surface area contributed by atoms with E-state index in [1.807, 2.05) is 0 Å². The van der Waals surface area contributed by atoms with E-state index in [0.717, 1.165) is 23.7 Å². The monoisotopic (exact) mass is 248 g/mol. The van der Waals surface area contributed by atoms with E-state index < -0.39 is 0 Å². The van der Waals surface area contributed by atoms with Crippen molar-refractivity contribution >= 4 is 5.91 Å². The van der Waals surface area contributed by atoms with Gasteiger partial charge < -0.3 is 10.6 Å². The van der Waals surface area contributed by atoms with E-state index in [0.29, 0.717) is 17.9 Å². The summed E-state index contributed by atoms with van der Waals surface area (Å²) in [6.07, 6.45) is 7.48. The molecule has 0 aromatic rings. The Bertz CT molecular complexity index is 346. The molecule has 18 heavy (non-hydrogen) atoms. The van der Waals surface area contributed by atoms with Gasteiger partial charge in [-0.2, -0.15) is 0 Å². The molecule has 0 bridgehead atoms. The number of rotatable bonds is 2. The Kier molecular flexibility index (Phi) is 2.65. The van der Waals surface area contributed by atoms with Crippen LogP contribution >= 0.6 is 0 Å². The molecule has 3 nitrogen and oxygen atoms in total. The largest absolute Gasteiger partial charge is 0.353 e. The zero-order valence-electron chi connectivity index (χ0n) is 11.0. The second-order valence-electron chi connectivity index (χ2n) is 7.12. The molecule has 3 aliphatic carbocycles. The number of amides is 1. The fraction of sp³-hybridized carbons (Fsp3) is 0.933. The van der Waals surface area contributed by atoms with Gasteiger partial charge in [-0.3, -0.25) is 4.79 Å². The van der Waals surface area contributed by atoms with E-state index >= 15 is 0 Å². The zero-order chi connectivity index (χ0) is 12.1. The number of hydrogen-bond acceptors (Lipinski definition) is 2. The van der Waals surface area contributed by atoms with Crippen LogP contribution in [0.1, 0.15) is 38.5 Å². The highest BCUT2D eigenvalue weighted by Crippen LogP contribution is 2.54. The molecule has 4 rings (SSSR count). The summed E-state index contributed by atoms with van der Waals surface area (Å²) in [4.78, 5) is 12.2. The highest BCUT2D eigenvalue weighted by Gasteiger charge is 2.48. The van der Waals surface area contributed by atoms with Gasteiger partial charge >= 0.3 is 0 Å². The summed E-state index contributed by atoms with van der Waals surface area (Å²) in [6.45, 7) is 2.38. The minimum atomic E-state index is 0.355. The highest BCUT2D eigenvalue weighted by molar-refractivity contribution is 5.79. The molecule has 3 heteroatoms. The number of fused-ring (bicyclic) bond motifs is 2. The van der Waals surface area contributed by atoms with Crippen molar-refractivity contribution < 1.29 is 4.79 Å². The van der Waals surface area contributed by atoms with Gasteiger partial charge in [0.15, 0.2) is 0 Å². The Balaban J connectivity index is 1.30. The first kappa shape index (κ1) is 11.3. The highest BCUT2D eigenvalue weighted by atomic mass is 16.1. The molecule has 5 atom stereocenters. The van der Waals surface area contributed by atoms with E-state index in [1.54, 1.807) is 0 Å².